The largest absolute Gasteiger partial charge is 0.383 e. The minimum atomic E-state index is 0.317. The van der Waals surface area contributed by atoms with Crippen LogP contribution in [0.25, 0.3) is 11.4 Å². The van der Waals surface area contributed by atoms with E-state index in [1.807, 2.05) is 17.8 Å². The summed E-state index contributed by atoms with van der Waals surface area (Å²) in [4.78, 5) is 8.63. The van der Waals surface area contributed by atoms with Crippen LogP contribution < -0.4 is 5.73 Å². The maximum atomic E-state index is 5.80. The summed E-state index contributed by atoms with van der Waals surface area (Å²) in [6.07, 6.45) is 3.68. The van der Waals surface area contributed by atoms with Crippen molar-refractivity contribution in [3.63, 3.8) is 0 Å². The fraction of sp³-hybridized carbons (Fsp3) is 0.364. The number of hydrogen-bond acceptors (Lipinski definition) is 4. The van der Waals surface area contributed by atoms with Gasteiger partial charge in [-0.3, -0.25) is 4.68 Å². The van der Waals surface area contributed by atoms with Crippen molar-refractivity contribution in [2.75, 3.05) is 5.73 Å². The number of nitrogen functional groups attached to an aromatic ring is 1. The Morgan fingerprint density at radius 3 is 2.59 bits per heavy atom. The van der Waals surface area contributed by atoms with Crippen LogP contribution in [-0.2, 0) is 0 Å². The molecule has 17 heavy (non-hydrogen) atoms. The van der Waals surface area contributed by atoms with Gasteiger partial charge in [-0.05, 0) is 36.7 Å². The van der Waals surface area contributed by atoms with Gasteiger partial charge in [0.15, 0.2) is 5.82 Å². The van der Waals surface area contributed by atoms with Gasteiger partial charge in [-0.1, -0.05) is 0 Å². The molecule has 0 aliphatic rings. The molecule has 0 radical (unpaired) electrons. The van der Waals surface area contributed by atoms with Crippen LogP contribution in [0.15, 0.2) is 16.9 Å². The fourth-order valence-corrected chi connectivity index (χ4v) is 1.62. The molecule has 0 atom stereocenters. The third-order valence-electron chi connectivity index (χ3n) is 2.43. The number of nitrogens with zero attached hydrogens (tertiary/aromatic N) is 4. The highest BCUT2D eigenvalue weighted by molar-refractivity contribution is 9.10. The first-order valence-electron chi connectivity index (χ1n) is 5.33. The molecule has 5 nitrogen and oxygen atoms in total. The van der Waals surface area contributed by atoms with Crippen molar-refractivity contribution in [2.24, 2.45) is 0 Å². The van der Waals surface area contributed by atoms with Crippen molar-refractivity contribution < 1.29 is 0 Å². The van der Waals surface area contributed by atoms with Crippen LogP contribution in [0.1, 0.15) is 25.6 Å². The number of aryl methyl sites for hydroxylation is 1. The zero-order valence-corrected chi connectivity index (χ0v) is 11.6. The summed E-state index contributed by atoms with van der Waals surface area (Å²) in [5, 5.41) is 4.26. The topological polar surface area (TPSA) is 69.6 Å². The third kappa shape index (κ3) is 2.31. The highest BCUT2D eigenvalue weighted by atomic mass is 79.9. The summed E-state index contributed by atoms with van der Waals surface area (Å²) in [6.45, 7) is 6.02. The van der Waals surface area contributed by atoms with Crippen molar-refractivity contribution in [3.8, 4) is 11.4 Å². The van der Waals surface area contributed by atoms with Crippen molar-refractivity contribution in [3.05, 3.63) is 22.6 Å². The van der Waals surface area contributed by atoms with E-state index >= 15 is 0 Å². The second-order valence-corrected chi connectivity index (χ2v) is 4.93. The number of hydrogen-bond donors (Lipinski definition) is 1. The molecule has 0 saturated heterocycles. The van der Waals surface area contributed by atoms with Gasteiger partial charge in [0.05, 0.1) is 21.9 Å². The normalized spacial score (nSPS) is 11.1. The van der Waals surface area contributed by atoms with Gasteiger partial charge in [0.25, 0.3) is 0 Å². The van der Waals surface area contributed by atoms with Crippen molar-refractivity contribution in [1.29, 1.82) is 0 Å². The highest BCUT2D eigenvalue weighted by Crippen LogP contribution is 2.24. The van der Waals surface area contributed by atoms with Gasteiger partial charge < -0.3 is 5.73 Å². The average Bonchev–Trinajstić information content (AvgIpc) is 2.74. The monoisotopic (exact) mass is 295 g/mol. The number of nitrogens with two attached hydrogens (primary N) is 1. The van der Waals surface area contributed by atoms with E-state index in [2.05, 4.69) is 44.8 Å². The lowest BCUT2D eigenvalue weighted by molar-refractivity contribution is 0.532. The average molecular weight is 296 g/mol. The molecule has 0 aliphatic carbocycles. The van der Waals surface area contributed by atoms with Gasteiger partial charge >= 0.3 is 0 Å². The van der Waals surface area contributed by atoms with Crippen LogP contribution in [0.4, 0.5) is 5.82 Å². The molecule has 2 N–H and O–H groups in total. The molecule has 2 heterocycles. The number of anilines is 1. The predicted molar refractivity (Wildman–Crippen MR) is 70.5 cm³/mol. The van der Waals surface area contributed by atoms with Gasteiger partial charge in [-0.25, -0.2) is 9.97 Å². The van der Waals surface area contributed by atoms with E-state index in [4.69, 9.17) is 5.73 Å². The van der Waals surface area contributed by atoms with E-state index in [1.54, 1.807) is 6.20 Å². The molecule has 0 amide bonds. The van der Waals surface area contributed by atoms with Gasteiger partial charge in [0.1, 0.15) is 5.82 Å². The van der Waals surface area contributed by atoms with Crippen molar-refractivity contribution in [2.45, 2.75) is 26.8 Å². The Morgan fingerprint density at radius 2 is 2.06 bits per heavy atom. The van der Waals surface area contributed by atoms with Gasteiger partial charge in [-0.2, -0.15) is 5.10 Å². The van der Waals surface area contributed by atoms with Crippen molar-refractivity contribution in [1.82, 2.24) is 19.7 Å². The molecule has 2 rings (SSSR count). The van der Waals surface area contributed by atoms with Crippen LogP contribution in [0.5, 0.6) is 0 Å². The molecule has 0 saturated carbocycles. The zero-order chi connectivity index (χ0) is 12.6. The molecule has 6 heteroatoms. The smallest absolute Gasteiger partial charge is 0.165 e. The van der Waals surface area contributed by atoms with Crippen LogP contribution in [-0.4, -0.2) is 19.7 Å². The summed E-state index contributed by atoms with van der Waals surface area (Å²) >= 11 is 3.34. The van der Waals surface area contributed by atoms with E-state index in [-0.39, 0.29) is 0 Å². The summed E-state index contributed by atoms with van der Waals surface area (Å²) in [5.41, 5.74) is 7.50. The molecule has 90 valence electrons. The van der Waals surface area contributed by atoms with Crippen molar-refractivity contribution >= 4 is 21.7 Å². The van der Waals surface area contributed by atoms with Gasteiger partial charge in [-0.15, -0.1) is 0 Å². The Morgan fingerprint density at radius 1 is 1.35 bits per heavy atom. The number of halogens is 1. The van der Waals surface area contributed by atoms with E-state index in [0.29, 0.717) is 17.7 Å². The molecule has 0 fully saturated rings. The lowest BCUT2D eigenvalue weighted by Crippen LogP contribution is -2.01. The Hall–Kier alpha value is -1.43. The highest BCUT2D eigenvalue weighted by Gasteiger charge is 2.10. The Balaban J connectivity index is 2.46. The summed E-state index contributed by atoms with van der Waals surface area (Å²) in [5.74, 6) is 1.06. The molecule has 0 spiro atoms. The fourth-order valence-electron chi connectivity index (χ4n) is 1.45. The maximum absolute atomic E-state index is 5.80. The minimum Gasteiger partial charge on any atom is -0.383 e. The molecule has 2 aromatic heterocycles. The maximum Gasteiger partial charge on any atom is 0.165 e. The second-order valence-electron chi connectivity index (χ2n) is 4.13. The van der Waals surface area contributed by atoms with Gasteiger partial charge in [0.2, 0.25) is 0 Å². The molecule has 0 bridgehead atoms. The second kappa shape index (κ2) is 4.44. The van der Waals surface area contributed by atoms with Crippen LogP contribution in [0.2, 0.25) is 0 Å². The number of rotatable bonds is 2. The molecule has 0 aliphatic heterocycles. The lowest BCUT2D eigenvalue weighted by Gasteiger charge is -2.05. The quantitative estimate of drug-likeness (QED) is 0.924. The van der Waals surface area contributed by atoms with Crippen LogP contribution >= 0.6 is 15.9 Å². The standard InChI is InChI=1S/C11H14BrN5/c1-6(2)17-5-8(4-14-17)11-15-7(3)9(12)10(13)16-11/h4-6H,1-3H3,(H2,13,15,16). The predicted octanol–water partition coefficient (Wildman–Crippen LogP) is 2.57. The van der Waals surface area contributed by atoms with Gasteiger partial charge in [0, 0.05) is 12.2 Å². The van der Waals surface area contributed by atoms with E-state index in [0.717, 1.165) is 15.7 Å². The van der Waals surface area contributed by atoms with E-state index in [9.17, 15) is 0 Å². The molecule has 2 aromatic rings. The van der Waals surface area contributed by atoms with Crippen LogP contribution in [0, 0.1) is 6.92 Å². The molecular formula is C11H14BrN5. The molecule has 0 aromatic carbocycles. The third-order valence-corrected chi connectivity index (χ3v) is 3.41. The molecule has 0 unspecified atom stereocenters. The summed E-state index contributed by atoms with van der Waals surface area (Å²) in [6, 6.07) is 0.317. The Kier molecular flexibility index (Phi) is 3.15. The Bertz CT molecular complexity index is 524. The molecular weight excluding hydrogens is 282 g/mol. The van der Waals surface area contributed by atoms with E-state index < -0.39 is 0 Å². The minimum absolute atomic E-state index is 0.317. The lowest BCUT2D eigenvalue weighted by atomic mass is 10.3. The first-order valence-corrected chi connectivity index (χ1v) is 6.12. The number of aromatic nitrogens is 4. The summed E-state index contributed by atoms with van der Waals surface area (Å²) < 4.78 is 2.62. The summed E-state index contributed by atoms with van der Waals surface area (Å²) in [7, 11) is 0. The van der Waals surface area contributed by atoms with E-state index in [1.165, 1.54) is 0 Å². The first kappa shape index (κ1) is 12.0. The Labute approximate surface area is 108 Å². The zero-order valence-electron chi connectivity index (χ0n) is 9.98. The van der Waals surface area contributed by atoms with Crippen LogP contribution in [0.3, 0.4) is 0 Å². The SMILES string of the molecule is Cc1nc(-c2cnn(C(C)C)c2)nc(N)c1Br. The first-order chi connectivity index (χ1) is 7.99.